The highest BCUT2D eigenvalue weighted by Crippen LogP contribution is 2.35. The molecular weight excluding hydrogens is 1620 g/mol. The lowest BCUT2D eigenvalue weighted by Gasteiger charge is -2.15. The largest absolute Gasteiger partial charge is 0.461 e. The van der Waals surface area contributed by atoms with Gasteiger partial charge in [-0.25, -0.2) is 15.0 Å². The predicted octanol–water partition coefficient (Wildman–Crippen LogP) is 36.7. The summed E-state index contributed by atoms with van der Waals surface area (Å²) in [6, 6.07) is 44.0. The van der Waals surface area contributed by atoms with E-state index in [4.69, 9.17) is 4.42 Å². The van der Waals surface area contributed by atoms with Crippen molar-refractivity contribution in [1.82, 2.24) is 43.2 Å². The van der Waals surface area contributed by atoms with Crippen molar-refractivity contribution < 1.29 is 4.42 Å². The molecule has 0 N–H and O–H groups in total. The molecule has 0 aliphatic rings. The second-order valence-electron chi connectivity index (χ2n) is 44.2. The topological polar surface area (TPSA) is 97.3 Å². The summed E-state index contributed by atoms with van der Waals surface area (Å²) in [5, 5.41) is 5.90. The van der Waals surface area contributed by atoms with Crippen molar-refractivity contribution in [2.24, 2.45) is 28.2 Å². The first-order chi connectivity index (χ1) is 60.1. The Morgan fingerprint density at radius 2 is 0.738 bits per heavy atom. The molecule has 130 heavy (non-hydrogen) atoms. The van der Waals surface area contributed by atoms with Gasteiger partial charge in [0.1, 0.15) is 17.2 Å². The van der Waals surface area contributed by atoms with Gasteiger partial charge in [0, 0.05) is 144 Å². The van der Waals surface area contributed by atoms with Crippen LogP contribution in [0.3, 0.4) is 0 Å². The summed E-state index contributed by atoms with van der Waals surface area (Å²) in [4.78, 5) is 23.9. The Bertz CT molecular complexity index is 4900. The van der Waals surface area contributed by atoms with Crippen LogP contribution in [0.15, 0.2) is 168 Å². The summed E-state index contributed by atoms with van der Waals surface area (Å²) < 4.78 is 14.6. The molecule has 0 atom stereocenters. The fourth-order valence-corrected chi connectivity index (χ4v) is 15.8. The maximum Gasteiger partial charge on any atom is 0.134 e. The molecule has 12 aromatic rings. The summed E-state index contributed by atoms with van der Waals surface area (Å²) in [6.07, 6.45) is 12.8. The zero-order chi connectivity index (χ0) is 99.2. The van der Waals surface area contributed by atoms with Crippen molar-refractivity contribution in [3.05, 3.63) is 275 Å². The molecule has 12 rings (SSSR count). The SMILES string of the molecule is CC(C)c1cc(C(C)(C)C)cn1C.CC(C)c1cc(C(C)C)n(C)c1.CC(C)c1ccc(-c2cc(C(C)C)n(C)c2)cc1.CC(C)c1ccc(C(C)C)nc1.CC(C)c1ccc2oc(C(C)C)cc2c1.CC(C)c1cccc(C(C)C)c1.CC(C)c1cccc(C(C)C)n1.CC(C)c1cn(C)c(C(C)C)n1.CC(C)c1nc(C(C)(C)C)cs1.CC(C)c1ncc(C(C)(C)C)s1. The van der Waals surface area contributed by atoms with Crippen LogP contribution in [0, 0.1) is 0 Å². The normalized spacial score (nSPS) is 11.8. The Hall–Kier alpha value is -8.19. The Balaban J connectivity index is 0.000000373. The second kappa shape index (κ2) is 53.6. The first kappa shape index (κ1) is 116. The van der Waals surface area contributed by atoms with Crippen LogP contribution in [-0.2, 0) is 44.4 Å². The minimum absolute atomic E-state index is 0.198. The molecule has 0 saturated heterocycles. The molecule has 3 aromatic carbocycles. The number of rotatable bonds is 18. The third-order valence-corrected chi connectivity index (χ3v) is 25.9. The number of aromatic nitrogens is 9. The van der Waals surface area contributed by atoms with Crippen molar-refractivity contribution in [3.63, 3.8) is 0 Å². The molecule has 720 valence electrons. The summed E-state index contributed by atoms with van der Waals surface area (Å²) >= 11 is 3.61. The molecule has 0 amide bonds. The lowest BCUT2D eigenvalue weighted by Crippen LogP contribution is -2.11. The van der Waals surface area contributed by atoms with E-state index in [9.17, 15) is 0 Å². The number of hydrogen-bond acceptors (Lipinski definition) is 8. The van der Waals surface area contributed by atoms with E-state index >= 15 is 0 Å². The Morgan fingerprint density at radius 1 is 0.292 bits per heavy atom. The van der Waals surface area contributed by atoms with E-state index in [-0.39, 0.29) is 16.2 Å². The van der Waals surface area contributed by atoms with Gasteiger partial charge in [0.25, 0.3) is 0 Å². The van der Waals surface area contributed by atoms with Crippen molar-refractivity contribution >= 4 is 33.6 Å². The van der Waals surface area contributed by atoms with Crippen molar-refractivity contribution in [1.29, 1.82) is 0 Å². The van der Waals surface area contributed by atoms with Crippen LogP contribution in [0.2, 0.25) is 0 Å². The van der Waals surface area contributed by atoms with Crippen molar-refractivity contribution in [2.75, 3.05) is 0 Å². The predicted molar refractivity (Wildman–Crippen MR) is 576 cm³/mol. The molecule has 9 heterocycles. The van der Waals surface area contributed by atoms with Crippen molar-refractivity contribution in [3.8, 4) is 11.1 Å². The molecule has 0 fully saturated rings. The fourth-order valence-electron chi connectivity index (χ4n) is 13.8. The van der Waals surface area contributed by atoms with Gasteiger partial charge >= 0.3 is 0 Å². The third kappa shape index (κ3) is 38.8. The van der Waals surface area contributed by atoms with Crippen molar-refractivity contribution in [2.45, 2.75) is 415 Å². The highest BCUT2D eigenvalue weighted by molar-refractivity contribution is 7.11. The number of nitrogens with zero attached hydrogens (tertiary/aromatic N) is 9. The number of benzene rings is 3. The van der Waals surface area contributed by atoms with E-state index < -0.39 is 0 Å². The molecule has 12 heteroatoms. The minimum atomic E-state index is 0.198. The van der Waals surface area contributed by atoms with Crippen LogP contribution in [0.4, 0.5) is 0 Å². The summed E-state index contributed by atoms with van der Waals surface area (Å²) in [6.45, 7) is 94.9. The number of pyridine rings is 2. The van der Waals surface area contributed by atoms with E-state index in [0.717, 1.165) is 11.3 Å². The smallest absolute Gasteiger partial charge is 0.134 e. The van der Waals surface area contributed by atoms with E-state index in [1.54, 1.807) is 11.3 Å². The monoisotopic (exact) mass is 1810 g/mol. The van der Waals surface area contributed by atoms with Gasteiger partial charge in [0.15, 0.2) is 0 Å². The summed E-state index contributed by atoms with van der Waals surface area (Å²) in [7, 11) is 8.45. The van der Waals surface area contributed by atoms with Gasteiger partial charge in [0.05, 0.1) is 21.4 Å². The standard InChI is InChI=1S/C17H23N.C14H18O.C12H21N.C12H18.C11H19N.2C11H17N.C10H18N2.2C10H17NS/c1-12(2)14-6-8-15(9-7-14)16-10-17(13(3)4)18(5)11-16;1-9(2)11-5-6-13-12(7-11)8-14(15-13)10(3)4;1-9(2)11-7-10(8-13(11)6)12(3,4)5;1-9(2)11-6-5-7-12(8-11)10(3)4;1-8(2)10-6-11(9(3)4)12(5)7-10;1-8(2)10-5-6-11(9(3)4)12-7-10;1-8(2)10-6-5-7-11(12-10)9(3)4;1-7(2)9-6-12(5)10(11-9)8(3)4;1-7(2)9-11-8(6-12-9)10(3,4)5;1-7(2)9-11-6-8(12-9)10(3,4)5/h6-13H,1-5H3;5-10H,1-4H3;7-9H,1-6H3;5-10H,1-4H3;6-9H,1-5H3;2*5-9H,1-4H3;6-8H,1-5H3;2*6-7H,1-5H3. The third-order valence-electron chi connectivity index (χ3n) is 23.0. The van der Waals surface area contributed by atoms with Crippen LogP contribution < -0.4 is 0 Å². The van der Waals surface area contributed by atoms with Gasteiger partial charge in [-0.2, -0.15) is 0 Å². The molecule has 10 nitrogen and oxygen atoms in total. The lowest BCUT2D eigenvalue weighted by atomic mass is 9.89. The lowest BCUT2D eigenvalue weighted by molar-refractivity contribution is 0.521. The number of thiazole rings is 2. The summed E-state index contributed by atoms with van der Waals surface area (Å²) in [5.41, 5.74) is 24.4. The number of fused-ring (bicyclic) bond motifs is 1. The Morgan fingerprint density at radius 3 is 1.08 bits per heavy atom. The number of aryl methyl sites for hydroxylation is 4. The molecule has 0 aliphatic heterocycles. The van der Waals surface area contributed by atoms with Crippen LogP contribution in [-0.4, -0.2) is 43.2 Å². The van der Waals surface area contributed by atoms with E-state index in [2.05, 4.69) is 521 Å². The minimum Gasteiger partial charge on any atom is -0.461 e. The quantitative estimate of drug-likeness (QED) is 0.0849. The molecule has 0 bridgehead atoms. The van der Waals surface area contributed by atoms with Gasteiger partial charge in [-0.15, -0.1) is 22.7 Å². The first-order valence-electron chi connectivity index (χ1n) is 49.2. The van der Waals surface area contributed by atoms with Crippen LogP contribution in [0.1, 0.15) is 509 Å². The van der Waals surface area contributed by atoms with Gasteiger partial charge < -0.3 is 22.7 Å². The second-order valence-corrected chi connectivity index (χ2v) is 46.2. The number of hydrogen-bond donors (Lipinski definition) is 0. The fraction of sp³-hybridized carbons (Fsp3) is 0.568. The molecule has 0 radical (unpaired) electrons. The Labute approximate surface area is 804 Å². The zero-order valence-corrected chi connectivity index (χ0v) is 92.8. The van der Waals surface area contributed by atoms with E-state index in [1.165, 1.54) is 122 Å². The van der Waals surface area contributed by atoms with Gasteiger partial charge in [0.2, 0.25) is 0 Å². The molecular formula is C118H185N9OS2. The zero-order valence-electron chi connectivity index (χ0n) is 91.2. The van der Waals surface area contributed by atoms with Gasteiger partial charge in [-0.05, 0) is 192 Å². The Kier molecular flexibility index (Phi) is 47.9. The van der Waals surface area contributed by atoms with E-state index in [0.29, 0.717) is 101 Å². The maximum absolute atomic E-state index is 5.76. The average molecular weight is 1810 g/mol. The average Bonchev–Trinajstić information content (AvgIpc) is 1.72. The van der Waals surface area contributed by atoms with Crippen LogP contribution >= 0.6 is 22.7 Å². The number of furan rings is 1. The molecule has 0 aliphatic carbocycles. The summed E-state index contributed by atoms with van der Waals surface area (Å²) in [5.74, 6) is 12.0. The molecule has 0 spiro atoms. The van der Waals surface area contributed by atoms with Gasteiger partial charge in [-0.3, -0.25) is 9.97 Å². The molecule has 9 aromatic heterocycles. The van der Waals surface area contributed by atoms with Crippen LogP contribution in [0.25, 0.3) is 22.1 Å². The van der Waals surface area contributed by atoms with E-state index in [1.807, 2.05) is 23.7 Å². The molecule has 0 saturated carbocycles. The highest BCUT2D eigenvalue weighted by atomic mass is 32.1. The maximum atomic E-state index is 5.76. The molecule has 0 unspecified atom stereocenters. The number of imidazole rings is 1. The first-order valence-corrected chi connectivity index (χ1v) is 50.9. The highest BCUT2D eigenvalue weighted by Gasteiger charge is 2.22. The van der Waals surface area contributed by atoms with Gasteiger partial charge in [-0.1, -0.05) is 364 Å². The van der Waals surface area contributed by atoms with Crippen LogP contribution in [0.5, 0.6) is 0 Å².